The lowest BCUT2D eigenvalue weighted by Crippen LogP contribution is -2.37. The lowest BCUT2D eigenvalue weighted by atomic mass is 10.1. The molecule has 0 unspecified atom stereocenters. The van der Waals surface area contributed by atoms with E-state index in [9.17, 15) is 9.59 Å². The number of ether oxygens (including phenoxy) is 1. The predicted molar refractivity (Wildman–Crippen MR) is 101 cm³/mol. The Bertz CT molecular complexity index is 944. The Morgan fingerprint density at radius 2 is 1.64 bits per heavy atom. The van der Waals surface area contributed by atoms with Crippen molar-refractivity contribution < 1.29 is 4.74 Å². The summed E-state index contributed by atoms with van der Waals surface area (Å²) in [6.07, 6.45) is 0.670. The summed E-state index contributed by atoms with van der Waals surface area (Å²) in [5.74, 6) is 0.800. The zero-order valence-electron chi connectivity index (χ0n) is 13.6. The number of halogens is 1. The fourth-order valence-corrected chi connectivity index (χ4v) is 2.71. The van der Waals surface area contributed by atoms with Crippen molar-refractivity contribution >= 4 is 28.7 Å². The van der Waals surface area contributed by atoms with Crippen LogP contribution in [0.5, 0.6) is 5.75 Å². The molecule has 6 heteroatoms. The van der Waals surface area contributed by atoms with Gasteiger partial charge in [0.1, 0.15) is 17.1 Å². The average molecular weight is 357 g/mol. The Balaban J connectivity index is 1.67. The summed E-state index contributed by atoms with van der Waals surface area (Å²) >= 11 is 5.84. The summed E-state index contributed by atoms with van der Waals surface area (Å²) in [5, 5.41) is 6.62. The van der Waals surface area contributed by atoms with E-state index in [1.807, 2.05) is 24.3 Å². The summed E-state index contributed by atoms with van der Waals surface area (Å²) in [6, 6.07) is 14.6. The van der Waals surface area contributed by atoms with E-state index in [-0.39, 0.29) is 5.69 Å². The second-order valence-electron chi connectivity index (χ2n) is 5.53. The standard InChI is InChI=1S/C19H17ClN2O3/c1-25-15-5-3-2-4-12(15)10-11-21-16-17(19(24)18(16)23)22-14-8-6-13(20)7-9-14/h2-9,21-22H,10-11H2,1H3. The highest BCUT2D eigenvalue weighted by molar-refractivity contribution is 6.30. The van der Waals surface area contributed by atoms with Gasteiger partial charge in [-0.25, -0.2) is 0 Å². The van der Waals surface area contributed by atoms with Crippen LogP contribution in [0, 0.1) is 0 Å². The van der Waals surface area contributed by atoms with Gasteiger partial charge in [-0.3, -0.25) is 9.59 Å². The van der Waals surface area contributed by atoms with Gasteiger partial charge < -0.3 is 15.4 Å². The third-order valence-electron chi connectivity index (χ3n) is 3.91. The van der Waals surface area contributed by atoms with Gasteiger partial charge in [0.05, 0.1) is 7.11 Å². The number of rotatable bonds is 7. The van der Waals surface area contributed by atoms with E-state index >= 15 is 0 Å². The van der Waals surface area contributed by atoms with Gasteiger partial charge in [-0.2, -0.15) is 0 Å². The molecule has 5 nitrogen and oxygen atoms in total. The van der Waals surface area contributed by atoms with Crippen LogP contribution in [0.25, 0.3) is 0 Å². The Kier molecular flexibility index (Phi) is 5.05. The molecule has 2 N–H and O–H groups in total. The molecule has 0 spiro atoms. The molecule has 3 aromatic carbocycles. The first-order chi connectivity index (χ1) is 12.1. The van der Waals surface area contributed by atoms with Gasteiger partial charge in [-0.05, 0) is 42.3 Å². The highest BCUT2D eigenvalue weighted by atomic mass is 35.5. The second kappa shape index (κ2) is 7.40. The maximum absolute atomic E-state index is 11.8. The van der Waals surface area contributed by atoms with E-state index in [0.29, 0.717) is 29.4 Å². The minimum atomic E-state index is -0.519. The van der Waals surface area contributed by atoms with Crippen LogP contribution in [0.2, 0.25) is 5.02 Å². The van der Waals surface area contributed by atoms with Crippen LogP contribution >= 0.6 is 11.6 Å². The maximum atomic E-state index is 11.8. The van der Waals surface area contributed by atoms with Crippen molar-refractivity contribution in [2.75, 3.05) is 24.3 Å². The Morgan fingerprint density at radius 3 is 2.36 bits per heavy atom. The van der Waals surface area contributed by atoms with Crippen molar-refractivity contribution in [2.24, 2.45) is 0 Å². The van der Waals surface area contributed by atoms with Gasteiger partial charge in [-0.15, -0.1) is 0 Å². The smallest absolute Gasteiger partial charge is 0.253 e. The molecular formula is C19H17ClN2O3. The van der Waals surface area contributed by atoms with E-state index in [4.69, 9.17) is 16.3 Å². The van der Waals surface area contributed by atoms with E-state index in [1.54, 1.807) is 31.4 Å². The molecule has 0 radical (unpaired) electrons. The van der Waals surface area contributed by atoms with Crippen LogP contribution in [-0.2, 0) is 6.42 Å². The van der Waals surface area contributed by atoms with Gasteiger partial charge in [0.2, 0.25) is 0 Å². The van der Waals surface area contributed by atoms with Gasteiger partial charge >= 0.3 is 0 Å². The third-order valence-corrected chi connectivity index (χ3v) is 4.16. The molecule has 0 bridgehead atoms. The van der Waals surface area contributed by atoms with Crippen LogP contribution in [0.4, 0.5) is 17.1 Å². The maximum Gasteiger partial charge on any atom is 0.253 e. The zero-order chi connectivity index (χ0) is 17.8. The van der Waals surface area contributed by atoms with Crippen molar-refractivity contribution in [3.63, 3.8) is 0 Å². The number of hydrogen-bond donors (Lipinski definition) is 2. The normalized spacial score (nSPS) is 10.6. The molecular weight excluding hydrogens is 340 g/mol. The minimum absolute atomic E-state index is 0.285. The molecule has 25 heavy (non-hydrogen) atoms. The molecule has 0 amide bonds. The van der Waals surface area contributed by atoms with E-state index in [1.165, 1.54) is 0 Å². The monoisotopic (exact) mass is 356 g/mol. The quantitative estimate of drug-likeness (QED) is 0.635. The summed E-state index contributed by atoms with van der Waals surface area (Å²) in [4.78, 5) is 23.6. The van der Waals surface area contributed by atoms with Crippen LogP contribution in [0.3, 0.4) is 0 Å². The number of para-hydroxylation sites is 1. The summed E-state index contributed by atoms with van der Waals surface area (Å²) in [6.45, 7) is 0.514. The van der Waals surface area contributed by atoms with Gasteiger partial charge in [-0.1, -0.05) is 29.8 Å². The highest BCUT2D eigenvalue weighted by Crippen LogP contribution is 2.23. The molecule has 0 saturated heterocycles. The van der Waals surface area contributed by atoms with E-state index in [2.05, 4.69) is 10.6 Å². The van der Waals surface area contributed by atoms with Crippen molar-refractivity contribution in [3.05, 3.63) is 79.6 Å². The Hall–Kier alpha value is -2.79. The zero-order valence-corrected chi connectivity index (χ0v) is 14.4. The van der Waals surface area contributed by atoms with Crippen molar-refractivity contribution in [1.82, 2.24) is 0 Å². The molecule has 0 aliphatic rings. The fourth-order valence-electron chi connectivity index (χ4n) is 2.59. The highest BCUT2D eigenvalue weighted by Gasteiger charge is 2.20. The van der Waals surface area contributed by atoms with Gasteiger partial charge in [0.15, 0.2) is 0 Å². The molecule has 0 aliphatic heterocycles. The molecule has 0 atom stereocenters. The molecule has 0 fully saturated rings. The number of hydrogen-bond acceptors (Lipinski definition) is 5. The van der Waals surface area contributed by atoms with E-state index in [0.717, 1.165) is 11.3 Å². The first-order valence-electron chi connectivity index (χ1n) is 7.82. The van der Waals surface area contributed by atoms with Gasteiger partial charge in [0, 0.05) is 17.3 Å². The first kappa shape index (κ1) is 17.0. The van der Waals surface area contributed by atoms with Crippen molar-refractivity contribution in [3.8, 4) is 5.75 Å². The number of benzene rings is 2. The van der Waals surface area contributed by atoms with Crippen LogP contribution in [-0.4, -0.2) is 13.7 Å². The molecule has 0 saturated carbocycles. The lowest BCUT2D eigenvalue weighted by molar-refractivity contribution is 0.410. The molecule has 0 aliphatic carbocycles. The largest absolute Gasteiger partial charge is 0.496 e. The lowest BCUT2D eigenvalue weighted by Gasteiger charge is -2.15. The van der Waals surface area contributed by atoms with E-state index < -0.39 is 10.9 Å². The van der Waals surface area contributed by atoms with Crippen molar-refractivity contribution in [1.29, 1.82) is 0 Å². The molecule has 3 aromatic rings. The van der Waals surface area contributed by atoms with Crippen LogP contribution in [0.15, 0.2) is 58.1 Å². The van der Waals surface area contributed by atoms with Crippen molar-refractivity contribution in [2.45, 2.75) is 6.42 Å². The third kappa shape index (κ3) is 3.67. The first-order valence-corrected chi connectivity index (χ1v) is 8.19. The summed E-state index contributed by atoms with van der Waals surface area (Å²) in [5.41, 5.74) is 1.31. The van der Waals surface area contributed by atoms with Crippen LogP contribution < -0.4 is 26.2 Å². The van der Waals surface area contributed by atoms with Gasteiger partial charge in [0.25, 0.3) is 10.9 Å². The molecule has 0 aromatic heterocycles. The number of nitrogens with one attached hydrogen (secondary N) is 2. The van der Waals surface area contributed by atoms with Crippen LogP contribution in [0.1, 0.15) is 5.56 Å². The predicted octanol–water partition coefficient (Wildman–Crippen LogP) is 3.34. The number of anilines is 3. The molecule has 128 valence electrons. The SMILES string of the molecule is COc1ccccc1CCNc1c(Nc2ccc(Cl)cc2)c(=O)c1=O. The summed E-state index contributed by atoms with van der Waals surface area (Å²) < 4.78 is 5.31. The second-order valence-corrected chi connectivity index (χ2v) is 5.97. The molecule has 0 heterocycles. The summed E-state index contributed by atoms with van der Waals surface area (Å²) in [7, 11) is 1.62. The Morgan fingerprint density at radius 1 is 0.960 bits per heavy atom. The number of methoxy groups -OCH3 is 1. The average Bonchev–Trinajstić information content (AvgIpc) is 2.65. The fraction of sp³-hybridized carbons (Fsp3) is 0.158. The molecule has 3 rings (SSSR count). The Labute approximate surface area is 149 Å². The minimum Gasteiger partial charge on any atom is -0.496 e. The topological polar surface area (TPSA) is 67.4 Å².